The van der Waals surface area contributed by atoms with Gasteiger partial charge in [-0.3, -0.25) is 9.54 Å². The highest BCUT2D eigenvalue weighted by Gasteiger charge is 2.35. The van der Waals surface area contributed by atoms with Gasteiger partial charge >= 0.3 is 0 Å². The van der Waals surface area contributed by atoms with E-state index < -0.39 is 33.1 Å². The summed E-state index contributed by atoms with van der Waals surface area (Å²) in [6, 6.07) is 7.98. The lowest BCUT2D eigenvalue weighted by Crippen LogP contribution is -2.20. The Hall–Kier alpha value is -1.86. The summed E-state index contributed by atoms with van der Waals surface area (Å²) in [4.78, 5) is 3.09. The standard InChI is InChI=1S/C14H13F2NO3S/c1-10-5-6-12(21(18,19)20)11(8-10)9-14(15,16)13-4-2-3-7-17-13/h2-8H,9H2,1H3,(H,18,19,20). The number of hydrogen-bond acceptors (Lipinski definition) is 3. The summed E-state index contributed by atoms with van der Waals surface area (Å²) in [6.07, 6.45) is 0.379. The minimum absolute atomic E-state index is 0.145. The summed E-state index contributed by atoms with van der Waals surface area (Å²) in [5, 5.41) is 0. The second-order valence-corrected chi connectivity index (χ2v) is 6.07. The molecule has 0 aliphatic heterocycles. The maximum Gasteiger partial charge on any atom is 0.294 e. The Morgan fingerprint density at radius 3 is 2.52 bits per heavy atom. The molecule has 7 heteroatoms. The molecule has 0 unspecified atom stereocenters. The number of halogens is 2. The summed E-state index contributed by atoms with van der Waals surface area (Å²) in [7, 11) is -4.56. The van der Waals surface area contributed by atoms with Crippen LogP contribution in [-0.4, -0.2) is 18.0 Å². The molecule has 112 valence electrons. The van der Waals surface area contributed by atoms with Crippen molar-refractivity contribution in [2.24, 2.45) is 0 Å². The molecule has 0 spiro atoms. The van der Waals surface area contributed by atoms with Crippen molar-refractivity contribution in [3.05, 3.63) is 59.4 Å². The Morgan fingerprint density at radius 1 is 1.24 bits per heavy atom. The Labute approximate surface area is 121 Å². The topological polar surface area (TPSA) is 67.3 Å². The van der Waals surface area contributed by atoms with Crippen LogP contribution in [0.1, 0.15) is 16.8 Å². The van der Waals surface area contributed by atoms with Crippen LogP contribution >= 0.6 is 0 Å². The first kappa shape index (κ1) is 15.5. The van der Waals surface area contributed by atoms with Gasteiger partial charge in [-0.05, 0) is 30.7 Å². The second-order valence-electron chi connectivity index (χ2n) is 4.68. The third-order valence-corrected chi connectivity index (χ3v) is 3.90. The quantitative estimate of drug-likeness (QED) is 0.881. The van der Waals surface area contributed by atoms with Gasteiger partial charge in [0.05, 0.1) is 4.90 Å². The number of aryl methyl sites for hydroxylation is 1. The zero-order valence-electron chi connectivity index (χ0n) is 11.1. The van der Waals surface area contributed by atoms with Gasteiger partial charge in [-0.1, -0.05) is 23.8 Å². The molecule has 0 amide bonds. The zero-order valence-corrected chi connectivity index (χ0v) is 11.9. The van der Waals surface area contributed by atoms with Crippen LogP contribution in [-0.2, 0) is 22.5 Å². The maximum absolute atomic E-state index is 14.2. The minimum Gasteiger partial charge on any atom is -0.282 e. The molecule has 1 aromatic heterocycles. The van der Waals surface area contributed by atoms with E-state index in [1.807, 2.05) is 0 Å². The van der Waals surface area contributed by atoms with Gasteiger partial charge in [0.15, 0.2) is 0 Å². The average molecular weight is 313 g/mol. The lowest BCUT2D eigenvalue weighted by molar-refractivity contribution is -0.00895. The first-order valence-corrected chi connectivity index (χ1v) is 7.50. The molecule has 0 aliphatic carbocycles. The lowest BCUT2D eigenvalue weighted by Gasteiger charge is -2.17. The van der Waals surface area contributed by atoms with Crippen molar-refractivity contribution in [3.8, 4) is 0 Å². The van der Waals surface area contributed by atoms with E-state index in [0.717, 1.165) is 6.07 Å². The molecule has 0 saturated carbocycles. The molecule has 0 atom stereocenters. The molecular formula is C14H13F2NO3S. The Morgan fingerprint density at radius 2 is 1.95 bits per heavy atom. The normalized spacial score (nSPS) is 12.4. The number of aromatic nitrogens is 1. The van der Waals surface area contributed by atoms with Crippen LogP contribution in [0.15, 0.2) is 47.5 Å². The molecular weight excluding hydrogens is 300 g/mol. The number of nitrogens with zero attached hydrogens (tertiary/aromatic N) is 1. The molecule has 1 heterocycles. The van der Waals surface area contributed by atoms with Crippen LogP contribution in [0, 0.1) is 6.92 Å². The van der Waals surface area contributed by atoms with E-state index in [0.29, 0.717) is 5.56 Å². The lowest BCUT2D eigenvalue weighted by atomic mass is 10.0. The van der Waals surface area contributed by atoms with Crippen molar-refractivity contribution < 1.29 is 21.8 Å². The van der Waals surface area contributed by atoms with E-state index in [2.05, 4.69) is 4.98 Å². The van der Waals surface area contributed by atoms with Gasteiger partial charge in [0.25, 0.3) is 16.0 Å². The van der Waals surface area contributed by atoms with Gasteiger partial charge in [-0.2, -0.15) is 17.2 Å². The third kappa shape index (κ3) is 3.62. The first-order chi connectivity index (χ1) is 9.70. The van der Waals surface area contributed by atoms with Gasteiger partial charge in [-0.25, -0.2) is 0 Å². The second kappa shape index (κ2) is 5.50. The van der Waals surface area contributed by atoms with Crippen molar-refractivity contribution in [2.75, 3.05) is 0 Å². The first-order valence-electron chi connectivity index (χ1n) is 6.06. The van der Waals surface area contributed by atoms with Crippen LogP contribution in [0.4, 0.5) is 8.78 Å². The van der Waals surface area contributed by atoms with Crippen LogP contribution in [0.5, 0.6) is 0 Å². The van der Waals surface area contributed by atoms with Gasteiger partial charge in [0.2, 0.25) is 0 Å². The van der Waals surface area contributed by atoms with E-state index in [1.54, 1.807) is 6.92 Å². The smallest absolute Gasteiger partial charge is 0.282 e. The molecule has 1 N–H and O–H groups in total. The van der Waals surface area contributed by atoms with E-state index in [9.17, 15) is 17.2 Å². The van der Waals surface area contributed by atoms with E-state index in [-0.39, 0.29) is 5.56 Å². The predicted octanol–water partition coefficient (Wildman–Crippen LogP) is 2.97. The Kier molecular flexibility index (Phi) is 4.06. The molecule has 0 bridgehead atoms. The molecule has 1 aromatic carbocycles. The molecule has 21 heavy (non-hydrogen) atoms. The van der Waals surface area contributed by atoms with Crippen LogP contribution in [0.2, 0.25) is 0 Å². The number of alkyl halides is 2. The highest BCUT2D eigenvalue weighted by Crippen LogP contribution is 2.32. The molecule has 4 nitrogen and oxygen atoms in total. The number of hydrogen-bond donors (Lipinski definition) is 1. The van der Waals surface area contributed by atoms with Crippen molar-refractivity contribution in [2.45, 2.75) is 24.2 Å². The van der Waals surface area contributed by atoms with Crippen molar-refractivity contribution >= 4 is 10.1 Å². The average Bonchev–Trinajstić information content (AvgIpc) is 2.38. The molecule has 0 radical (unpaired) electrons. The van der Waals surface area contributed by atoms with Crippen LogP contribution < -0.4 is 0 Å². The minimum atomic E-state index is -4.56. The molecule has 0 aliphatic rings. The van der Waals surface area contributed by atoms with E-state index in [4.69, 9.17) is 4.55 Å². The van der Waals surface area contributed by atoms with Gasteiger partial charge in [0, 0.05) is 12.6 Å². The monoisotopic (exact) mass is 313 g/mol. The summed E-state index contributed by atoms with van der Waals surface area (Å²) in [5.41, 5.74) is 0.0233. The summed E-state index contributed by atoms with van der Waals surface area (Å²) in [5.74, 6) is -3.34. The van der Waals surface area contributed by atoms with Crippen LogP contribution in [0.25, 0.3) is 0 Å². The molecule has 0 fully saturated rings. The molecule has 2 aromatic rings. The summed E-state index contributed by atoms with van der Waals surface area (Å²) in [6.45, 7) is 1.65. The van der Waals surface area contributed by atoms with E-state index in [1.165, 1.54) is 36.5 Å². The van der Waals surface area contributed by atoms with Crippen molar-refractivity contribution in [3.63, 3.8) is 0 Å². The molecule has 2 rings (SSSR count). The van der Waals surface area contributed by atoms with Gasteiger partial charge < -0.3 is 0 Å². The fourth-order valence-corrected chi connectivity index (χ4v) is 2.71. The number of rotatable bonds is 4. The van der Waals surface area contributed by atoms with Gasteiger partial charge in [-0.15, -0.1) is 0 Å². The molecule has 0 saturated heterocycles. The van der Waals surface area contributed by atoms with Crippen molar-refractivity contribution in [1.29, 1.82) is 0 Å². The SMILES string of the molecule is Cc1ccc(S(=O)(=O)O)c(CC(F)(F)c2ccccn2)c1. The van der Waals surface area contributed by atoms with E-state index >= 15 is 0 Å². The highest BCUT2D eigenvalue weighted by molar-refractivity contribution is 7.85. The maximum atomic E-state index is 14.2. The fourth-order valence-electron chi connectivity index (χ4n) is 2.01. The summed E-state index contributed by atoms with van der Waals surface area (Å²) >= 11 is 0. The Bertz CT molecular complexity index is 746. The third-order valence-electron chi connectivity index (χ3n) is 2.95. The predicted molar refractivity (Wildman–Crippen MR) is 72.8 cm³/mol. The Balaban J connectivity index is 2.46. The van der Waals surface area contributed by atoms with Crippen molar-refractivity contribution in [1.82, 2.24) is 4.98 Å². The summed E-state index contributed by atoms with van der Waals surface area (Å²) < 4.78 is 60.1. The number of pyridine rings is 1. The largest absolute Gasteiger partial charge is 0.294 e. The fraction of sp³-hybridized carbons (Fsp3) is 0.214. The highest BCUT2D eigenvalue weighted by atomic mass is 32.2. The number of benzene rings is 1. The van der Waals surface area contributed by atoms with Crippen LogP contribution in [0.3, 0.4) is 0 Å². The van der Waals surface area contributed by atoms with Gasteiger partial charge in [0.1, 0.15) is 5.69 Å². The zero-order chi connectivity index (χ0) is 15.7.